The summed E-state index contributed by atoms with van der Waals surface area (Å²) in [5, 5.41) is 10.9. The lowest BCUT2D eigenvalue weighted by Gasteiger charge is -2.10. The maximum atomic E-state index is 9.19. The lowest BCUT2D eigenvalue weighted by Crippen LogP contribution is -2.51. The first-order valence-corrected chi connectivity index (χ1v) is 6.03. The highest BCUT2D eigenvalue weighted by Gasteiger charge is 2.18. The van der Waals surface area contributed by atoms with Crippen LogP contribution in [0.5, 0.6) is 5.75 Å². The van der Waals surface area contributed by atoms with Crippen molar-refractivity contribution in [3.05, 3.63) is 24.3 Å². The molecule has 0 spiro atoms. The Morgan fingerprint density at radius 3 is 1.94 bits per heavy atom. The number of hydrazine groups is 2. The third kappa shape index (κ3) is 4.55. The molecule has 6 heteroatoms. The quantitative estimate of drug-likeness (QED) is 0.399. The Kier molecular flexibility index (Phi) is 6.52. The van der Waals surface area contributed by atoms with Crippen molar-refractivity contribution in [3.8, 4) is 5.75 Å². The third-order valence-corrected chi connectivity index (χ3v) is 2.21. The summed E-state index contributed by atoms with van der Waals surface area (Å²) in [4.78, 5) is 0. The highest BCUT2D eigenvalue weighted by molar-refractivity contribution is 6.18. The van der Waals surface area contributed by atoms with Crippen molar-refractivity contribution >= 4 is 28.9 Å². The van der Waals surface area contributed by atoms with E-state index < -0.39 is 0 Å². The summed E-state index contributed by atoms with van der Waals surface area (Å²) in [6, 6.07) is 6.82. The number of rotatable bonds is 7. The Morgan fingerprint density at radius 1 is 1.00 bits per heavy atom. The van der Waals surface area contributed by atoms with Gasteiger partial charge < -0.3 is 5.11 Å². The van der Waals surface area contributed by atoms with Gasteiger partial charge in [0.2, 0.25) is 5.69 Å². The van der Waals surface area contributed by atoms with E-state index in [1.807, 2.05) is 0 Å². The van der Waals surface area contributed by atoms with E-state index in [9.17, 15) is 5.11 Å². The predicted molar refractivity (Wildman–Crippen MR) is 67.3 cm³/mol. The summed E-state index contributed by atoms with van der Waals surface area (Å²) in [5.41, 5.74) is 7.06. The van der Waals surface area contributed by atoms with Crippen LogP contribution >= 0.6 is 23.2 Å². The van der Waals surface area contributed by atoms with Crippen molar-refractivity contribution in [1.29, 1.82) is 0 Å². The van der Waals surface area contributed by atoms with Crippen molar-refractivity contribution in [2.45, 2.75) is 0 Å². The van der Waals surface area contributed by atoms with E-state index in [-0.39, 0.29) is 5.75 Å². The number of nitrogens with zero attached hydrogens (tertiary/aromatic N) is 1. The molecular formula is C10H15Cl2N3O+. The van der Waals surface area contributed by atoms with E-state index in [0.29, 0.717) is 24.8 Å². The summed E-state index contributed by atoms with van der Waals surface area (Å²) in [7, 11) is 0. The average molecular weight is 264 g/mol. The van der Waals surface area contributed by atoms with Gasteiger partial charge in [0.15, 0.2) is 0 Å². The number of alkyl halides is 2. The minimum atomic E-state index is 0.235. The molecule has 0 saturated carbocycles. The fourth-order valence-corrected chi connectivity index (χ4v) is 1.32. The summed E-state index contributed by atoms with van der Waals surface area (Å²) in [5.74, 6) is 1.26. The second-order valence-electron chi connectivity index (χ2n) is 3.05. The average Bonchev–Trinajstić information content (AvgIpc) is 2.31. The monoisotopic (exact) mass is 263 g/mol. The minimum Gasteiger partial charge on any atom is -0.508 e. The minimum absolute atomic E-state index is 0.235. The third-order valence-electron chi connectivity index (χ3n) is 1.84. The number of hydrogen-bond acceptors (Lipinski definition) is 4. The Hall–Kier alpha value is -0.520. The highest BCUT2D eigenvalue weighted by Crippen LogP contribution is 2.15. The number of halogens is 2. The van der Waals surface area contributed by atoms with Crippen LogP contribution in [0, 0.1) is 0 Å². The van der Waals surface area contributed by atoms with Crippen LogP contribution in [-0.4, -0.2) is 30.0 Å². The van der Waals surface area contributed by atoms with E-state index in [2.05, 4.69) is 10.9 Å². The molecule has 0 amide bonds. The molecule has 0 aliphatic heterocycles. The van der Waals surface area contributed by atoms with Gasteiger partial charge in [-0.15, -0.1) is 23.2 Å². The van der Waals surface area contributed by atoms with E-state index in [1.165, 1.54) is 0 Å². The van der Waals surface area contributed by atoms with Crippen LogP contribution in [0.15, 0.2) is 24.3 Å². The molecule has 1 aromatic rings. The summed E-state index contributed by atoms with van der Waals surface area (Å²) < 4.78 is 0. The Balaban J connectivity index is 2.62. The SMILES string of the molecule is Oc1ccc([N+](NCCCl)NCCCl)cc1. The van der Waals surface area contributed by atoms with Crippen molar-refractivity contribution < 1.29 is 5.11 Å². The molecule has 0 fully saturated rings. The Labute approximate surface area is 105 Å². The molecule has 0 unspecified atom stereocenters. The molecule has 0 saturated heterocycles. The molecule has 16 heavy (non-hydrogen) atoms. The fraction of sp³-hybridized carbons (Fsp3) is 0.400. The van der Waals surface area contributed by atoms with Gasteiger partial charge in [-0.25, -0.2) is 0 Å². The molecule has 0 aromatic heterocycles. The summed E-state index contributed by atoms with van der Waals surface area (Å²) in [6.45, 7) is 1.27. The molecule has 0 bridgehead atoms. The predicted octanol–water partition coefficient (Wildman–Crippen LogP) is 1.65. The second kappa shape index (κ2) is 7.70. The van der Waals surface area contributed by atoms with Crippen molar-refractivity contribution in [3.63, 3.8) is 0 Å². The highest BCUT2D eigenvalue weighted by atomic mass is 35.5. The van der Waals surface area contributed by atoms with Crippen LogP contribution in [-0.2, 0) is 0 Å². The zero-order valence-corrected chi connectivity index (χ0v) is 10.3. The lowest BCUT2D eigenvalue weighted by atomic mass is 10.3. The molecule has 4 nitrogen and oxygen atoms in total. The number of hydrogen-bond donors (Lipinski definition) is 3. The van der Waals surface area contributed by atoms with E-state index in [4.69, 9.17) is 23.2 Å². The van der Waals surface area contributed by atoms with Gasteiger partial charge in [0, 0.05) is 29.0 Å². The van der Waals surface area contributed by atoms with Crippen LogP contribution in [0.3, 0.4) is 0 Å². The molecule has 0 aliphatic carbocycles. The van der Waals surface area contributed by atoms with Crippen molar-refractivity contribution in [1.82, 2.24) is 16.0 Å². The van der Waals surface area contributed by atoms with Crippen LogP contribution in [0.1, 0.15) is 0 Å². The van der Waals surface area contributed by atoms with Gasteiger partial charge in [-0.3, -0.25) is 0 Å². The molecule has 0 aliphatic rings. The number of phenolic OH excluding ortho intramolecular Hbond substituents is 1. The van der Waals surface area contributed by atoms with E-state index in [0.717, 1.165) is 5.69 Å². The molecule has 0 heterocycles. The van der Waals surface area contributed by atoms with Gasteiger partial charge in [0.1, 0.15) is 5.75 Å². The number of phenols is 1. The summed E-state index contributed by atoms with van der Waals surface area (Å²) in [6.07, 6.45) is 0. The first-order valence-electron chi connectivity index (χ1n) is 4.96. The van der Waals surface area contributed by atoms with Gasteiger partial charge in [-0.1, -0.05) is 10.9 Å². The maximum absolute atomic E-state index is 9.19. The maximum Gasteiger partial charge on any atom is 0.228 e. The van der Waals surface area contributed by atoms with Gasteiger partial charge in [-0.05, 0) is 12.1 Å². The largest absolute Gasteiger partial charge is 0.508 e. The van der Waals surface area contributed by atoms with Crippen molar-refractivity contribution in [2.24, 2.45) is 0 Å². The number of anilines is 1. The van der Waals surface area contributed by atoms with Crippen molar-refractivity contribution in [2.75, 3.05) is 24.8 Å². The molecule has 1 radical (unpaired) electrons. The normalized spacial score (nSPS) is 10.9. The lowest BCUT2D eigenvalue weighted by molar-refractivity contribution is 0.331. The standard InChI is InChI=1S/C10H15Cl2N3O/c11-5-7-13-15(14-8-6-12)9-1-3-10(16)4-2-9/h1-4,13-14,16H,5-8H2/q+1. The molecule has 1 aromatic carbocycles. The molecule has 89 valence electrons. The van der Waals surface area contributed by atoms with E-state index >= 15 is 0 Å². The topological polar surface area (TPSA) is 50.2 Å². The van der Waals surface area contributed by atoms with Crippen LogP contribution in [0.4, 0.5) is 5.69 Å². The molecule has 0 atom stereocenters. The number of benzene rings is 1. The zero-order chi connectivity index (χ0) is 11.8. The number of nitrogens with one attached hydrogen (secondary N) is 2. The van der Waals surface area contributed by atoms with Gasteiger partial charge in [-0.2, -0.15) is 0 Å². The zero-order valence-electron chi connectivity index (χ0n) is 8.79. The van der Waals surface area contributed by atoms with Gasteiger partial charge in [0.25, 0.3) is 0 Å². The Bertz CT molecular complexity index is 287. The summed E-state index contributed by atoms with van der Waals surface area (Å²) >= 11 is 11.2. The van der Waals surface area contributed by atoms with Crippen LogP contribution in [0.25, 0.3) is 0 Å². The molecule has 1 rings (SSSR count). The second-order valence-corrected chi connectivity index (χ2v) is 3.80. The Morgan fingerprint density at radius 2 is 1.50 bits per heavy atom. The fourth-order valence-electron chi connectivity index (χ4n) is 1.15. The first-order chi connectivity index (χ1) is 7.77. The van der Waals surface area contributed by atoms with E-state index in [1.54, 1.807) is 29.4 Å². The molecular weight excluding hydrogens is 249 g/mol. The smallest absolute Gasteiger partial charge is 0.228 e. The van der Waals surface area contributed by atoms with Crippen LogP contribution in [0.2, 0.25) is 0 Å². The van der Waals surface area contributed by atoms with Gasteiger partial charge in [0.05, 0.1) is 13.1 Å². The number of aromatic hydroxyl groups is 1. The first kappa shape index (κ1) is 13.5. The molecule has 3 N–H and O–H groups in total. The van der Waals surface area contributed by atoms with Crippen LogP contribution < -0.4 is 16.0 Å². The van der Waals surface area contributed by atoms with Gasteiger partial charge >= 0.3 is 0 Å².